The van der Waals surface area contributed by atoms with Crippen LogP contribution in [0.5, 0.6) is 0 Å². The first kappa shape index (κ1) is 17.2. The largest absolute Gasteiger partial charge is 0.328 e. The molecule has 0 saturated carbocycles. The Morgan fingerprint density at radius 3 is 2.89 bits per heavy atom. The number of aldehydes is 1. The van der Waals surface area contributed by atoms with Gasteiger partial charge in [0.25, 0.3) is 0 Å². The highest BCUT2D eigenvalue weighted by Crippen LogP contribution is 2.41. The highest BCUT2D eigenvalue weighted by molar-refractivity contribution is 5.99. The van der Waals surface area contributed by atoms with Crippen LogP contribution in [-0.4, -0.2) is 25.8 Å². The maximum atomic E-state index is 11.1. The molecule has 0 bridgehead atoms. The third-order valence-corrected chi connectivity index (χ3v) is 5.30. The zero-order valence-corrected chi connectivity index (χ0v) is 15.4. The van der Waals surface area contributed by atoms with Gasteiger partial charge in [0.2, 0.25) is 0 Å². The Balaban J connectivity index is 1.98. The van der Waals surface area contributed by atoms with E-state index in [0.29, 0.717) is 5.69 Å². The number of rotatable bonds is 3. The van der Waals surface area contributed by atoms with Gasteiger partial charge in [-0.05, 0) is 43.9 Å². The van der Waals surface area contributed by atoms with Gasteiger partial charge in [-0.3, -0.25) is 0 Å². The predicted octanol–water partition coefficient (Wildman–Crippen LogP) is 3.70. The molecule has 0 unspecified atom stereocenters. The van der Waals surface area contributed by atoms with E-state index >= 15 is 0 Å². The van der Waals surface area contributed by atoms with E-state index in [4.69, 9.17) is 6.42 Å². The number of allylic oxidation sites excluding steroid dienone is 2. The first-order valence-corrected chi connectivity index (χ1v) is 9.01. The summed E-state index contributed by atoms with van der Waals surface area (Å²) in [4.78, 5) is 24.4. The molecule has 3 aromatic heterocycles. The lowest BCUT2D eigenvalue weighted by Crippen LogP contribution is -2.07. The molecule has 3 aromatic rings. The molecule has 0 fully saturated rings. The SMILES string of the molecule is C#Cc1ccc(-c2c(C3=CC[C@@H](C=O)CC3)c3cncnc3n2C)c(C)n1. The lowest BCUT2D eigenvalue weighted by atomic mass is 9.85. The van der Waals surface area contributed by atoms with Gasteiger partial charge in [0.05, 0.1) is 5.69 Å². The maximum Gasteiger partial charge on any atom is 0.144 e. The minimum atomic E-state index is 0.113. The quantitative estimate of drug-likeness (QED) is 0.530. The first-order chi connectivity index (χ1) is 13.1. The van der Waals surface area contributed by atoms with Gasteiger partial charge in [0.15, 0.2) is 0 Å². The fourth-order valence-electron chi connectivity index (χ4n) is 3.91. The molecule has 134 valence electrons. The summed E-state index contributed by atoms with van der Waals surface area (Å²) in [5, 5.41) is 1.02. The third-order valence-electron chi connectivity index (χ3n) is 5.30. The Bertz CT molecular complexity index is 1120. The fraction of sp³-hybridized carbons (Fsp3) is 0.273. The number of aromatic nitrogens is 4. The van der Waals surface area contributed by atoms with Gasteiger partial charge in [-0.1, -0.05) is 12.0 Å². The van der Waals surface area contributed by atoms with Crippen molar-refractivity contribution in [2.75, 3.05) is 0 Å². The molecule has 4 rings (SSSR count). The summed E-state index contributed by atoms with van der Waals surface area (Å²) in [5.41, 5.74) is 6.86. The van der Waals surface area contributed by atoms with Crippen LogP contribution in [0.15, 0.2) is 30.7 Å². The van der Waals surface area contributed by atoms with Crippen molar-refractivity contribution in [1.29, 1.82) is 0 Å². The standard InChI is InChI=1S/C22H20N4O/c1-4-17-9-10-18(14(2)25-17)21-20(16-7-5-15(12-27)6-8-16)19-11-23-13-24-22(19)26(21)3/h1,7,9-13,15H,5-6,8H2,2-3H3/t15-/m1/s1. The zero-order valence-electron chi connectivity index (χ0n) is 15.4. The summed E-state index contributed by atoms with van der Waals surface area (Å²) in [6, 6.07) is 3.90. The van der Waals surface area contributed by atoms with Crippen LogP contribution in [0.3, 0.4) is 0 Å². The Hall–Kier alpha value is -3.26. The molecule has 0 spiro atoms. The van der Waals surface area contributed by atoms with Crippen LogP contribution in [0, 0.1) is 25.2 Å². The van der Waals surface area contributed by atoms with Crippen molar-refractivity contribution >= 4 is 22.9 Å². The fourth-order valence-corrected chi connectivity index (χ4v) is 3.91. The van der Waals surface area contributed by atoms with E-state index < -0.39 is 0 Å². The molecule has 1 aliphatic rings. The summed E-state index contributed by atoms with van der Waals surface area (Å²) in [6.07, 6.45) is 14.7. The summed E-state index contributed by atoms with van der Waals surface area (Å²) in [5.74, 6) is 2.70. The number of hydrogen-bond donors (Lipinski definition) is 0. The molecule has 0 amide bonds. The summed E-state index contributed by atoms with van der Waals surface area (Å²) in [7, 11) is 2.01. The highest BCUT2D eigenvalue weighted by atomic mass is 16.1. The highest BCUT2D eigenvalue weighted by Gasteiger charge is 2.24. The van der Waals surface area contributed by atoms with Crippen molar-refractivity contribution in [2.24, 2.45) is 13.0 Å². The molecule has 5 nitrogen and oxygen atoms in total. The molecule has 0 saturated heterocycles. The smallest absolute Gasteiger partial charge is 0.144 e. The van der Waals surface area contributed by atoms with Crippen LogP contribution < -0.4 is 0 Å². The van der Waals surface area contributed by atoms with Crippen LogP contribution in [-0.2, 0) is 11.8 Å². The molecule has 5 heteroatoms. The topological polar surface area (TPSA) is 60.7 Å². The van der Waals surface area contributed by atoms with Crippen LogP contribution >= 0.6 is 0 Å². The number of terminal acetylenes is 1. The second-order valence-electron chi connectivity index (χ2n) is 6.92. The number of hydrogen-bond acceptors (Lipinski definition) is 4. The zero-order chi connectivity index (χ0) is 19.0. The monoisotopic (exact) mass is 356 g/mol. The summed E-state index contributed by atoms with van der Waals surface area (Å²) < 4.78 is 2.10. The molecule has 0 radical (unpaired) electrons. The minimum Gasteiger partial charge on any atom is -0.328 e. The molecule has 27 heavy (non-hydrogen) atoms. The van der Waals surface area contributed by atoms with Crippen LogP contribution in [0.1, 0.15) is 36.2 Å². The Morgan fingerprint density at radius 2 is 2.22 bits per heavy atom. The Morgan fingerprint density at radius 1 is 1.37 bits per heavy atom. The van der Waals surface area contributed by atoms with E-state index in [1.165, 1.54) is 5.57 Å². The van der Waals surface area contributed by atoms with Crippen molar-refractivity contribution in [3.8, 4) is 23.6 Å². The van der Waals surface area contributed by atoms with Gasteiger partial charge in [0.1, 0.15) is 24.0 Å². The van der Waals surface area contributed by atoms with E-state index in [2.05, 4.69) is 31.5 Å². The number of carbonyl (C=O) groups excluding carboxylic acids is 1. The maximum absolute atomic E-state index is 11.1. The molecule has 0 N–H and O–H groups in total. The molecule has 0 aromatic carbocycles. The number of aryl methyl sites for hydroxylation is 2. The van der Waals surface area contributed by atoms with E-state index in [9.17, 15) is 4.79 Å². The van der Waals surface area contributed by atoms with Crippen LogP contribution in [0.25, 0.3) is 27.9 Å². The molecule has 3 heterocycles. The van der Waals surface area contributed by atoms with Crippen molar-refractivity contribution in [2.45, 2.75) is 26.2 Å². The minimum absolute atomic E-state index is 0.113. The molecular formula is C22H20N4O. The summed E-state index contributed by atoms with van der Waals surface area (Å²) in [6.45, 7) is 1.97. The third kappa shape index (κ3) is 2.83. The van der Waals surface area contributed by atoms with E-state index in [-0.39, 0.29) is 5.92 Å². The van der Waals surface area contributed by atoms with Crippen molar-refractivity contribution < 1.29 is 4.79 Å². The van der Waals surface area contributed by atoms with Crippen molar-refractivity contribution in [3.05, 3.63) is 47.7 Å². The second-order valence-corrected chi connectivity index (χ2v) is 6.92. The summed E-state index contributed by atoms with van der Waals surface area (Å²) >= 11 is 0. The van der Waals surface area contributed by atoms with Gasteiger partial charge in [0, 0.05) is 41.4 Å². The second kappa shape index (κ2) is 6.81. The number of fused-ring (bicyclic) bond motifs is 1. The van der Waals surface area contributed by atoms with Crippen LogP contribution in [0.4, 0.5) is 0 Å². The van der Waals surface area contributed by atoms with E-state index in [1.54, 1.807) is 6.33 Å². The average Bonchev–Trinajstić information content (AvgIpc) is 3.00. The van der Waals surface area contributed by atoms with Crippen molar-refractivity contribution in [3.63, 3.8) is 0 Å². The lowest BCUT2D eigenvalue weighted by Gasteiger charge is -2.19. The predicted molar refractivity (Wildman–Crippen MR) is 106 cm³/mol. The van der Waals surface area contributed by atoms with Gasteiger partial charge in [-0.25, -0.2) is 15.0 Å². The molecule has 0 aliphatic heterocycles. The normalized spacial score (nSPS) is 16.8. The number of nitrogens with zero attached hydrogens (tertiary/aromatic N) is 4. The number of carbonyl (C=O) groups is 1. The average molecular weight is 356 g/mol. The van der Waals surface area contributed by atoms with Crippen molar-refractivity contribution in [1.82, 2.24) is 19.5 Å². The molecule has 1 aliphatic carbocycles. The Kier molecular flexibility index (Phi) is 4.33. The lowest BCUT2D eigenvalue weighted by molar-refractivity contribution is -0.111. The first-order valence-electron chi connectivity index (χ1n) is 9.01. The molecular weight excluding hydrogens is 336 g/mol. The van der Waals surface area contributed by atoms with Gasteiger partial charge < -0.3 is 9.36 Å². The van der Waals surface area contributed by atoms with E-state index in [1.807, 2.05) is 32.3 Å². The van der Waals surface area contributed by atoms with Gasteiger partial charge in [-0.15, -0.1) is 6.42 Å². The van der Waals surface area contributed by atoms with Gasteiger partial charge >= 0.3 is 0 Å². The Labute approximate surface area is 158 Å². The molecule has 1 atom stereocenters. The van der Waals surface area contributed by atoms with Gasteiger partial charge in [-0.2, -0.15) is 0 Å². The number of pyridine rings is 1. The van der Waals surface area contributed by atoms with Crippen LogP contribution in [0.2, 0.25) is 0 Å². The van der Waals surface area contributed by atoms with E-state index in [0.717, 1.165) is 59.1 Å².